The fraction of sp³-hybridized carbons (Fsp3) is 0.421. The third-order valence-corrected chi connectivity index (χ3v) is 5.81. The first-order valence-corrected chi connectivity index (χ1v) is 9.87. The van der Waals surface area contributed by atoms with Gasteiger partial charge in [-0.05, 0) is 31.0 Å². The van der Waals surface area contributed by atoms with Crippen molar-refractivity contribution in [2.75, 3.05) is 32.3 Å². The normalized spacial score (nSPS) is 16.5. The monoisotopic (exact) mass is 402 g/mol. The van der Waals surface area contributed by atoms with E-state index >= 15 is 0 Å². The molecule has 1 aromatic carbocycles. The molecular weight excluding hydrogens is 380 g/mol. The molecular formula is C19H22N4O4S. The summed E-state index contributed by atoms with van der Waals surface area (Å²) in [5, 5.41) is 4.84. The first-order chi connectivity index (χ1) is 13.6. The molecule has 1 aliphatic heterocycles. The van der Waals surface area contributed by atoms with E-state index in [4.69, 9.17) is 19.2 Å². The van der Waals surface area contributed by atoms with E-state index in [1.165, 1.54) is 11.3 Å². The van der Waals surface area contributed by atoms with Crippen LogP contribution in [-0.4, -0.2) is 54.1 Å². The maximum absolute atomic E-state index is 13.2. The highest BCUT2D eigenvalue weighted by Gasteiger charge is 2.29. The Morgan fingerprint density at radius 1 is 1.32 bits per heavy atom. The molecule has 3 heterocycles. The Morgan fingerprint density at radius 3 is 2.75 bits per heavy atom. The molecule has 0 N–H and O–H groups in total. The fourth-order valence-electron chi connectivity index (χ4n) is 3.30. The third kappa shape index (κ3) is 3.43. The minimum Gasteiger partial charge on any atom is -0.495 e. The summed E-state index contributed by atoms with van der Waals surface area (Å²) in [6.45, 7) is 1.15. The molecule has 1 aliphatic rings. The van der Waals surface area contributed by atoms with Gasteiger partial charge in [0.15, 0.2) is 10.8 Å². The molecule has 2 aromatic heterocycles. The van der Waals surface area contributed by atoms with Gasteiger partial charge in [0, 0.05) is 19.9 Å². The van der Waals surface area contributed by atoms with Crippen molar-refractivity contribution >= 4 is 32.6 Å². The van der Waals surface area contributed by atoms with E-state index in [-0.39, 0.29) is 12.0 Å². The van der Waals surface area contributed by atoms with Gasteiger partial charge >= 0.3 is 0 Å². The lowest BCUT2D eigenvalue weighted by atomic mass is 10.2. The molecule has 4 rings (SSSR count). The standard InChI is InChI=1S/C19H22N4O4S/c1-22-9-8-13(21-22)18(24)23(11-12-5-4-10-27-12)19-20-16-14(25-2)6-7-15(26-3)17(16)28-19/h6-9,12H,4-5,10-11H2,1-3H3. The molecule has 1 fully saturated rings. The number of nitrogens with zero attached hydrogens (tertiary/aromatic N) is 4. The number of methoxy groups -OCH3 is 2. The van der Waals surface area contributed by atoms with E-state index in [2.05, 4.69) is 5.10 Å². The summed E-state index contributed by atoms with van der Waals surface area (Å²) < 4.78 is 19.1. The summed E-state index contributed by atoms with van der Waals surface area (Å²) in [6, 6.07) is 5.36. The molecule has 0 saturated carbocycles. The molecule has 1 saturated heterocycles. The van der Waals surface area contributed by atoms with Crippen LogP contribution in [0.4, 0.5) is 5.13 Å². The van der Waals surface area contributed by atoms with Crippen LogP contribution in [0.25, 0.3) is 10.2 Å². The van der Waals surface area contributed by atoms with Crippen molar-refractivity contribution in [3.05, 3.63) is 30.1 Å². The Labute approximate surface area is 166 Å². The van der Waals surface area contributed by atoms with Crippen LogP contribution < -0.4 is 14.4 Å². The molecule has 9 heteroatoms. The van der Waals surface area contributed by atoms with Gasteiger partial charge in [-0.25, -0.2) is 4.98 Å². The molecule has 28 heavy (non-hydrogen) atoms. The van der Waals surface area contributed by atoms with Crippen molar-refractivity contribution in [2.45, 2.75) is 18.9 Å². The molecule has 1 amide bonds. The second-order valence-corrected chi connectivity index (χ2v) is 7.55. The average molecular weight is 402 g/mol. The maximum Gasteiger partial charge on any atom is 0.280 e. The van der Waals surface area contributed by atoms with Crippen molar-refractivity contribution in [3.8, 4) is 11.5 Å². The van der Waals surface area contributed by atoms with Crippen molar-refractivity contribution < 1.29 is 19.0 Å². The van der Waals surface area contributed by atoms with E-state index in [1.54, 1.807) is 43.1 Å². The number of anilines is 1. The Kier molecular flexibility index (Phi) is 5.19. The summed E-state index contributed by atoms with van der Waals surface area (Å²) >= 11 is 1.40. The van der Waals surface area contributed by atoms with Gasteiger partial charge in [0.2, 0.25) is 0 Å². The van der Waals surface area contributed by atoms with Crippen molar-refractivity contribution in [2.24, 2.45) is 7.05 Å². The van der Waals surface area contributed by atoms with E-state index < -0.39 is 0 Å². The van der Waals surface area contributed by atoms with Gasteiger partial charge in [0.1, 0.15) is 21.7 Å². The maximum atomic E-state index is 13.2. The summed E-state index contributed by atoms with van der Waals surface area (Å²) in [6.07, 6.45) is 3.66. The van der Waals surface area contributed by atoms with E-state index in [1.807, 2.05) is 12.1 Å². The van der Waals surface area contributed by atoms with E-state index in [0.717, 1.165) is 24.1 Å². The lowest BCUT2D eigenvalue weighted by molar-refractivity contribution is 0.0913. The zero-order valence-corrected chi connectivity index (χ0v) is 16.9. The van der Waals surface area contributed by atoms with Crippen molar-refractivity contribution in [1.29, 1.82) is 0 Å². The first kappa shape index (κ1) is 18.7. The van der Waals surface area contributed by atoms with Gasteiger partial charge in [-0.2, -0.15) is 5.10 Å². The summed E-state index contributed by atoms with van der Waals surface area (Å²) in [7, 11) is 5.00. The number of aromatic nitrogens is 3. The van der Waals surface area contributed by atoms with Crippen molar-refractivity contribution in [1.82, 2.24) is 14.8 Å². The largest absolute Gasteiger partial charge is 0.495 e. The average Bonchev–Trinajstić information content (AvgIpc) is 3.45. The van der Waals surface area contributed by atoms with Gasteiger partial charge in [-0.15, -0.1) is 0 Å². The van der Waals surface area contributed by atoms with Crippen LogP contribution in [0.1, 0.15) is 23.3 Å². The number of rotatable bonds is 6. The minimum atomic E-state index is -0.201. The highest BCUT2D eigenvalue weighted by molar-refractivity contribution is 7.22. The van der Waals surface area contributed by atoms with Crippen LogP contribution in [0.15, 0.2) is 24.4 Å². The minimum absolute atomic E-state index is 0.0107. The number of hydrogen-bond donors (Lipinski definition) is 0. The number of hydrogen-bond acceptors (Lipinski definition) is 7. The number of carbonyl (C=O) groups is 1. The molecule has 1 unspecified atom stereocenters. The molecule has 0 spiro atoms. The SMILES string of the molecule is COc1ccc(OC)c2sc(N(CC3CCCO3)C(=O)c3ccn(C)n3)nc12. The Bertz CT molecular complexity index is 952. The van der Waals surface area contributed by atoms with Crippen LogP contribution in [0.2, 0.25) is 0 Å². The van der Waals surface area contributed by atoms with Crippen molar-refractivity contribution in [3.63, 3.8) is 0 Å². The first-order valence-electron chi connectivity index (χ1n) is 9.05. The molecule has 0 radical (unpaired) electrons. The number of fused-ring (bicyclic) bond motifs is 1. The highest BCUT2D eigenvalue weighted by Crippen LogP contribution is 2.40. The Balaban J connectivity index is 1.77. The predicted molar refractivity (Wildman–Crippen MR) is 107 cm³/mol. The Morgan fingerprint density at radius 2 is 2.11 bits per heavy atom. The number of benzene rings is 1. The number of aryl methyl sites for hydroxylation is 1. The van der Waals surface area contributed by atoms with Crippen LogP contribution in [0.5, 0.6) is 11.5 Å². The Hall–Kier alpha value is -2.65. The van der Waals surface area contributed by atoms with Gasteiger partial charge in [0.05, 0.1) is 26.9 Å². The van der Waals surface area contributed by atoms with Gasteiger partial charge in [-0.1, -0.05) is 11.3 Å². The zero-order chi connectivity index (χ0) is 19.7. The smallest absolute Gasteiger partial charge is 0.280 e. The fourth-order valence-corrected chi connectivity index (χ4v) is 4.38. The second kappa shape index (κ2) is 7.76. The highest BCUT2D eigenvalue weighted by atomic mass is 32.1. The second-order valence-electron chi connectivity index (χ2n) is 6.57. The topological polar surface area (TPSA) is 78.7 Å². The van der Waals surface area contributed by atoms with E-state index in [9.17, 15) is 4.79 Å². The van der Waals surface area contributed by atoms with Crippen LogP contribution in [-0.2, 0) is 11.8 Å². The van der Waals surface area contributed by atoms with Crippen LogP contribution >= 0.6 is 11.3 Å². The van der Waals surface area contributed by atoms with Crippen LogP contribution in [0.3, 0.4) is 0 Å². The number of amides is 1. The number of ether oxygens (including phenoxy) is 3. The summed E-state index contributed by atoms with van der Waals surface area (Å²) in [5.74, 6) is 1.13. The zero-order valence-electron chi connectivity index (χ0n) is 16.0. The van der Waals surface area contributed by atoms with Gasteiger partial charge in [-0.3, -0.25) is 14.4 Å². The molecule has 148 valence electrons. The molecule has 3 aromatic rings. The molecule has 1 atom stereocenters. The summed E-state index contributed by atoms with van der Waals surface area (Å²) in [4.78, 5) is 19.6. The lowest BCUT2D eigenvalue weighted by Crippen LogP contribution is -2.37. The quantitative estimate of drug-likeness (QED) is 0.631. The van der Waals surface area contributed by atoms with Gasteiger partial charge in [0.25, 0.3) is 5.91 Å². The molecule has 8 nitrogen and oxygen atoms in total. The summed E-state index contributed by atoms with van der Waals surface area (Å²) in [5.41, 5.74) is 1.05. The number of thiazole rings is 1. The lowest BCUT2D eigenvalue weighted by Gasteiger charge is -2.22. The van der Waals surface area contributed by atoms with Gasteiger partial charge < -0.3 is 14.2 Å². The third-order valence-electron chi connectivity index (χ3n) is 4.72. The van der Waals surface area contributed by atoms with Crippen LogP contribution in [0, 0.1) is 0 Å². The number of carbonyl (C=O) groups excluding carboxylic acids is 1. The predicted octanol–water partition coefficient (Wildman–Crippen LogP) is 2.87. The molecule has 0 aliphatic carbocycles. The van der Waals surface area contributed by atoms with E-state index in [0.29, 0.717) is 34.4 Å². The molecule has 0 bridgehead atoms.